The number of anilines is 1. The first-order valence-electron chi connectivity index (χ1n) is 8.97. The minimum absolute atomic E-state index is 0.0202. The van der Waals surface area contributed by atoms with Crippen LogP contribution in [0.1, 0.15) is 23.4 Å². The number of rotatable bonds is 6. The second-order valence-electron chi connectivity index (χ2n) is 6.75. The van der Waals surface area contributed by atoms with E-state index in [1.165, 1.54) is 4.90 Å². The molecule has 6 heteroatoms. The normalized spacial score (nSPS) is 10.8. The Bertz CT molecular complexity index is 944. The Labute approximate surface area is 158 Å². The van der Waals surface area contributed by atoms with Crippen LogP contribution >= 0.6 is 0 Å². The Morgan fingerprint density at radius 2 is 1.89 bits per heavy atom. The second kappa shape index (κ2) is 8.03. The fourth-order valence-corrected chi connectivity index (χ4v) is 2.92. The van der Waals surface area contributed by atoms with Crippen molar-refractivity contribution in [1.29, 1.82) is 0 Å². The summed E-state index contributed by atoms with van der Waals surface area (Å²) in [6, 6.07) is 13.5. The van der Waals surface area contributed by atoms with E-state index >= 15 is 0 Å². The van der Waals surface area contributed by atoms with Crippen LogP contribution in [0.2, 0.25) is 0 Å². The molecule has 3 rings (SSSR count). The lowest BCUT2D eigenvalue weighted by molar-refractivity contribution is -0.133. The summed E-state index contributed by atoms with van der Waals surface area (Å²) in [4.78, 5) is 33.7. The molecule has 2 amide bonds. The minimum Gasteiger partial charge on any atom is -0.342 e. The number of likely N-dealkylation sites (N-methyl/N-ethyl adjacent to an activating group) is 1. The Morgan fingerprint density at radius 1 is 1.11 bits per heavy atom. The number of nitrogens with one attached hydrogen (secondary N) is 2. The average molecular weight is 364 g/mol. The molecular weight excluding hydrogens is 340 g/mol. The van der Waals surface area contributed by atoms with Gasteiger partial charge in [0.25, 0.3) is 0 Å². The number of carbonyl (C=O) groups is 2. The maximum atomic E-state index is 12.3. The maximum Gasteiger partial charge on any atom is 0.243 e. The fourth-order valence-electron chi connectivity index (χ4n) is 2.92. The lowest BCUT2D eigenvalue weighted by atomic mass is 10.1. The summed E-state index contributed by atoms with van der Waals surface area (Å²) >= 11 is 0. The third-order valence-corrected chi connectivity index (χ3v) is 4.70. The van der Waals surface area contributed by atoms with Crippen LogP contribution < -0.4 is 5.32 Å². The number of amides is 2. The van der Waals surface area contributed by atoms with Crippen LogP contribution in [0.4, 0.5) is 5.69 Å². The first kappa shape index (κ1) is 18.6. The number of hydrogen-bond donors (Lipinski definition) is 2. The molecule has 0 fully saturated rings. The Kier molecular flexibility index (Phi) is 5.54. The van der Waals surface area contributed by atoms with Gasteiger partial charge in [0.2, 0.25) is 11.8 Å². The molecule has 0 aliphatic rings. The van der Waals surface area contributed by atoms with Crippen molar-refractivity contribution < 1.29 is 9.59 Å². The van der Waals surface area contributed by atoms with Crippen molar-refractivity contribution in [2.75, 3.05) is 18.9 Å². The molecule has 0 spiro atoms. The average Bonchev–Trinajstić information content (AvgIpc) is 3.06. The van der Waals surface area contributed by atoms with E-state index < -0.39 is 0 Å². The summed E-state index contributed by atoms with van der Waals surface area (Å²) < 4.78 is 0. The molecule has 1 heterocycles. The maximum absolute atomic E-state index is 12.3. The summed E-state index contributed by atoms with van der Waals surface area (Å²) in [7, 11) is 1.64. The molecule has 0 unspecified atom stereocenters. The number of H-pyrrole nitrogens is 1. The lowest BCUT2D eigenvalue weighted by Gasteiger charge is -2.17. The van der Waals surface area contributed by atoms with Gasteiger partial charge in [-0.3, -0.25) is 9.59 Å². The molecule has 0 saturated carbocycles. The molecule has 0 saturated heterocycles. The topological polar surface area (TPSA) is 78.1 Å². The summed E-state index contributed by atoms with van der Waals surface area (Å²) in [5.41, 5.74) is 4.78. The highest BCUT2D eigenvalue weighted by molar-refractivity contribution is 5.95. The van der Waals surface area contributed by atoms with Gasteiger partial charge < -0.3 is 15.2 Å². The van der Waals surface area contributed by atoms with E-state index in [2.05, 4.69) is 15.3 Å². The lowest BCUT2D eigenvalue weighted by Crippen LogP contribution is -2.35. The number of nitrogens with zero attached hydrogens (tertiary/aromatic N) is 2. The van der Waals surface area contributed by atoms with Gasteiger partial charge in [-0.05, 0) is 43.2 Å². The first-order chi connectivity index (χ1) is 12.9. The van der Waals surface area contributed by atoms with E-state index in [0.29, 0.717) is 12.8 Å². The number of fused-ring (bicyclic) bond motifs is 1. The van der Waals surface area contributed by atoms with Crippen LogP contribution in [0.3, 0.4) is 0 Å². The highest BCUT2D eigenvalue weighted by Gasteiger charge is 2.15. The third-order valence-electron chi connectivity index (χ3n) is 4.70. The van der Waals surface area contributed by atoms with Gasteiger partial charge in [0, 0.05) is 25.6 Å². The van der Waals surface area contributed by atoms with Crippen molar-refractivity contribution >= 4 is 28.5 Å². The van der Waals surface area contributed by atoms with Crippen molar-refractivity contribution in [1.82, 2.24) is 14.9 Å². The van der Waals surface area contributed by atoms with Gasteiger partial charge in [0.1, 0.15) is 5.82 Å². The van der Waals surface area contributed by atoms with Gasteiger partial charge in [-0.1, -0.05) is 24.3 Å². The first-order valence-corrected chi connectivity index (χ1v) is 8.97. The molecular formula is C21H24N4O2. The van der Waals surface area contributed by atoms with Gasteiger partial charge in [-0.15, -0.1) is 0 Å². The van der Waals surface area contributed by atoms with Crippen LogP contribution in [-0.2, 0) is 16.0 Å². The van der Waals surface area contributed by atoms with Gasteiger partial charge in [0.15, 0.2) is 0 Å². The summed E-state index contributed by atoms with van der Waals surface area (Å²) in [5, 5.41) is 2.88. The van der Waals surface area contributed by atoms with Crippen molar-refractivity contribution in [2.24, 2.45) is 0 Å². The highest BCUT2D eigenvalue weighted by Crippen LogP contribution is 2.18. The predicted octanol–water partition coefficient (Wildman–Crippen LogP) is 3.21. The molecule has 0 aliphatic carbocycles. The van der Waals surface area contributed by atoms with E-state index in [4.69, 9.17) is 0 Å². The molecule has 0 aliphatic heterocycles. The number of hydrogen-bond acceptors (Lipinski definition) is 3. The molecule has 1 aromatic heterocycles. The number of para-hydroxylation sites is 2. The summed E-state index contributed by atoms with van der Waals surface area (Å²) in [5.74, 6) is 0.479. The summed E-state index contributed by atoms with van der Waals surface area (Å²) in [6.07, 6.45) is 0.809. The molecule has 0 radical (unpaired) electrons. The predicted molar refractivity (Wildman–Crippen MR) is 107 cm³/mol. The van der Waals surface area contributed by atoms with Gasteiger partial charge in [-0.2, -0.15) is 0 Å². The molecule has 140 valence electrons. The Balaban J connectivity index is 1.52. The van der Waals surface area contributed by atoms with Gasteiger partial charge >= 0.3 is 0 Å². The van der Waals surface area contributed by atoms with Crippen molar-refractivity contribution in [3.63, 3.8) is 0 Å². The van der Waals surface area contributed by atoms with Crippen LogP contribution in [0.15, 0.2) is 42.5 Å². The van der Waals surface area contributed by atoms with E-state index in [1.54, 1.807) is 7.05 Å². The SMILES string of the molecule is Cc1cccc(NC(=O)CN(C)C(=O)CCc2nc3ccccc3[nH]2)c1C. The van der Waals surface area contributed by atoms with E-state index in [-0.39, 0.29) is 18.4 Å². The Morgan fingerprint density at radius 3 is 2.67 bits per heavy atom. The zero-order chi connectivity index (χ0) is 19.4. The molecule has 27 heavy (non-hydrogen) atoms. The second-order valence-corrected chi connectivity index (χ2v) is 6.75. The molecule has 3 aromatic rings. The van der Waals surface area contributed by atoms with Crippen LogP contribution in [0.25, 0.3) is 11.0 Å². The van der Waals surface area contributed by atoms with E-state index in [0.717, 1.165) is 33.7 Å². The van der Waals surface area contributed by atoms with Gasteiger partial charge in [0.05, 0.1) is 17.6 Å². The van der Waals surface area contributed by atoms with Crippen LogP contribution in [0, 0.1) is 13.8 Å². The number of carbonyl (C=O) groups excluding carboxylic acids is 2. The van der Waals surface area contributed by atoms with Crippen LogP contribution in [-0.4, -0.2) is 40.3 Å². The van der Waals surface area contributed by atoms with E-state index in [9.17, 15) is 9.59 Å². The quantitative estimate of drug-likeness (QED) is 0.705. The van der Waals surface area contributed by atoms with E-state index in [1.807, 2.05) is 56.3 Å². The standard InChI is InChI=1S/C21H24N4O2/c1-14-7-6-10-16(15(14)2)24-20(26)13-25(3)21(27)12-11-19-22-17-8-4-5-9-18(17)23-19/h4-10H,11-13H2,1-3H3,(H,22,23)(H,24,26). The molecule has 6 nitrogen and oxygen atoms in total. The Hall–Kier alpha value is -3.15. The van der Waals surface area contributed by atoms with Crippen molar-refractivity contribution in [2.45, 2.75) is 26.7 Å². The van der Waals surface area contributed by atoms with Gasteiger partial charge in [-0.25, -0.2) is 4.98 Å². The number of imidazole rings is 1. The van der Waals surface area contributed by atoms with Crippen molar-refractivity contribution in [3.8, 4) is 0 Å². The third kappa shape index (κ3) is 4.53. The smallest absolute Gasteiger partial charge is 0.243 e. The largest absolute Gasteiger partial charge is 0.342 e. The zero-order valence-electron chi connectivity index (χ0n) is 15.9. The molecule has 0 bridgehead atoms. The minimum atomic E-state index is -0.205. The molecule has 2 aromatic carbocycles. The van der Waals surface area contributed by atoms with Crippen LogP contribution in [0.5, 0.6) is 0 Å². The zero-order valence-corrected chi connectivity index (χ0v) is 15.9. The molecule has 0 atom stereocenters. The number of benzene rings is 2. The number of aryl methyl sites for hydroxylation is 2. The monoisotopic (exact) mass is 364 g/mol. The number of aromatic amines is 1. The number of aromatic nitrogens is 2. The van der Waals surface area contributed by atoms with Crippen molar-refractivity contribution in [3.05, 3.63) is 59.4 Å². The molecule has 2 N–H and O–H groups in total. The fraction of sp³-hybridized carbons (Fsp3) is 0.286. The summed E-state index contributed by atoms with van der Waals surface area (Å²) in [6.45, 7) is 3.98. The highest BCUT2D eigenvalue weighted by atomic mass is 16.2.